The molecule has 2 heteroatoms. The van der Waals surface area contributed by atoms with Gasteiger partial charge in [0, 0.05) is 8.80 Å². The van der Waals surface area contributed by atoms with Crippen LogP contribution in [0.15, 0.2) is 0 Å². The zero-order chi connectivity index (χ0) is 4.28. The first-order valence-corrected chi connectivity index (χ1v) is 5.10. The average molecular weight is 137 g/mol. The van der Waals surface area contributed by atoms with Gasteiger partial charge in [0.2, 0.25) is 0 Å². The molecule has 0 fully saturated rings. The van der Waals surface area contributed by atoms with E-state index in [0.29, 0.717) is 0 Å². The fraction of sp³-hybridized carbons (Fsp3) is 1.00. The minimum atomic E-state index is -0.372. The maximum absolute atomic E-state index is 5.23. The standard InChI is InChI=1S/C3H11NSi.3CH4/c1-5(2)3-4;;;/h5H,3-4H2,1-2H3;3*1H4. The van der Waals surface area contributed by atoms with E-state index >= 15 is 0 Å². The Balaban J connectivity index is -0.0000000267. The molecule has 8 heavy (non-hydrogen) atoms. The predicted molar refractivity (Wildman–Crippen MR) is 48.1 cm³/mol. The molecule has 0 aliphatic carbocycles. The number of hydrogen-bond donors (Lipinski definition) is 1. The summed E-state index contributed by atoms with van der Waals surface area (Å²) in [5.74, 6) is 0. The van der Waals surface area contributed by atoms with Gasteiger partial charge in [0.1, 0.15) is 0 Å². The molecule has 56 valence electrons. The third kappa shape index (κ3) is 34.9. The first kappa shape index (κ1) is 24.1. The van der Waals surface area contributed by atoms with Crippen molar-refractivity contribution in [2.45, 2.75) is 35.4 Å². The van der Waals surface area contributed by atoms with Crippen LogP contribution >= 0.6 is 0 Å². The molecule has 0 aliphatic heterocycles. The van der Waals surface area contributed by atoms with Gasteiger partial charge >= 0.3 is 0 Å². The molecule has 0 spiro atoms. The quantitative estimate of drug-likeness (QED) is 0.549. The van der Waals surface area contributed by atoms with Crippen LogP contribution in [0.5, 0.6) is 0 Å². The highest BCUT2D eigenvalue weighted by molar-refractivity contribution is 6.55. The summed E-state index contributed by atoms with van der Waals surface area (Å²) < 4.78 is 0. The van der Waals surface area contributed by atoms with Crippen molar-refractivity contribution in [2.24, 2.45) is 5.73 Å². The molecule has 0 saturated heterocycles. The van der Waals surface area contributed by atoms with Crippen molar-refractivity contribution in [2.75, 3.05) is 6.17 Å². The van der Waals surface area contributed by atoms with E-state index in [4.69, 9.17) is 5.73 Å². The van der Waals surface area contributed by atoms with Crippen LogP contribution < -0.4 is 5.73 Å². The van der Waals surface area contributed by atoms with Crippen LogP contribution in [-0.2, 0) is 0 Å². The topological polar surface area (TPSA) is 26.0 Å². The third-order valence-corrected chi connectivity index (χ3v) is 1.41. The van der Waals surface area contributed by atoms with Crippen LogP contribution in [0.3, 0.4) is 0 Å². The van der Waals surface area contributed by atoms with Gasteiger partial charge in [-0.3, -0.25) is 0 Å². The van der Waals surface area contributed by atoms with Crippen molar-refractivity contribution in [1.82, 2.24) is 0 Å². The van der Waals surface area contributed by atoms with E-state index in [0.717, 1.165) is 6.17 Å². The van der Waals surface area contributed by atoms with Gasteiger partial charge in [0.05, 0.1) is 0 Å². The minimum Gasteiger partial charge on any atom is -0.333 e. The molecule has 0 radical (unpaired) electrons. The summed E-state index contributed by atoms with van der Waals surface area (Å²) >= 11 is 0. The highest BCUT2D eigenvalue weighted by atomic mass is 28.3. The monoisotopic (exact) mass is 137 g/mol. The van der Waals surface area contributed by atoms with Gasteiger partial charge in [-0.05, 0) is 6.17 Å². The molecule has 0 atom stereocenters. The lowest BCUT2D eigenvalue weighted by molar-refractivity contribution is 1.34. The maximum Gasteiger partial charge on any atom is 0.0462 e. The molecule has 0 aromatic heterocycles. The maximum atomic E-state index is 5.23. The first-order valence-electron chi connectivity index (χ1n) is 1.97. The van der Waals surface area contributed by atoms with Crippen LogP contribution in [0.1, 0.15) is 22.3 Å². The molecule has 0 heterocycles. The van der Waals surface area contributed by atoms with E-state index in [1.54, 1.807) is 0 Å². The normalized spacial score (nSPS) is 6.00. The Labute approximate surface area is 56.9 Å². The van der Waals surface area contributed by atoms with Crippen LogP contribution in [0.4, 0.5) is 0 Å². The van der Waals surface area contributed by atoms with Gasteiger partial charge in [0.25, 0.3) is 0 Å². The molecular weight excluding hydrogens is 114 g/mol. The Bertz CT molecular complexity index is 22.5. The summed E-state index contributed by atoms with van der Waals surface area (Å²) in [6.45, 7) is 4.47. The molecular formula is C6H23NSi. The molecule has 1 nitrogen and oxygen atoms in total. The van der Waals surface area contributed by atoms with Crippen molar-refractivity contribution >= 4 is 8.80 Å². The van der Waals surface area contributed by atoms with Gasteiger partial charge in [-0.25, -0.2) is 0 Å². The highest BCUT2D eigenvalue weighted by Crippen LogP contribution is 1.67. The van der Waals surface area contributed by atoms with E-state index < -0.39 is 0 Å². The van der Waals surface area contributed by atoms with E-state index in [2.05, 4.69) is 13.1 Å². The van der Waals surface area contributed by atoms with Crippen molar-refractivity contribution in [1.29, 1.82) is 0 Å². The van der Waals surface area contributed by atoms with Crippen LogP contribution in [0.2, 0.25) is 13.1 Å². The minimum absolute atomic E-state index is 0. The van der Waals surface area contributed by atoms with E-state index in [9.17, 15) is 0 Å². The fourth-order valence-electron chi connectivity index (χ4n) is 0. The zero-order valence-corrected chi connectivity index (χ0v) is 5.02. The lowest BCUT2D eigenvalue weighted by atomic mass is 11.5. The summed E-state index contributed by atoms with van der Waals surface area (Å²) in [4.78, 5) is 0. The lowest BCUT2D eigenvalue weighted by Crippen LogP contribution is -2.16. The SMILES string of the molecule is C.C.C.C[SiH](C)CN. The lowest BCUT2D eigenvalue weighted by Gasteiger charge is -1.88. The number of hydrogen-bond acceptors (Lipinski definition) is 1. The molecule has 0 saturated carbocycles. The van der Waals surface area contributed by atoms with E-state index in [-0.39, 0.29) is 31.1 Å². The third-order valence-electron chi connectivity index (χ3n) is 0.471. The smallest absolute Gasteiger partial charge is 0.0462 e. The van der Waals surface area contributed by atoms with Crippen LogP contribution in [0.25, 0.3) is 0 Å². The van der Waals surface area contributed by atoms with Gasteiger partial charge in [0.15, 0.2) is 0 Å². The Kier molecular flexibility index (Phi) is 47.4. The van der Waals surface area contributed by atoms with Gasteiger partial charge in [-0.2, -0.15) is 0 Å². The van der Waals surface area contributed by atoms with Crippen molar-refractivity contribution < 1.29 is 0 Å². The van der Waals surface area contributed by atoms with Gasteiger partial charge in [-0.1, -0.05) is 35.4 Å². The average Bonchev–Trinajstić information content (AvgIpc) is 1.38. The summed E-state index contributed by atoms with van der Waals surface area (Å²) in [6.07, 6.45) is 0.944. The second-order valence-corrected chi connectivity index (χ2v) is 4.89. The molecule has 0 aliphatic rings. The van der Waals surface area contributed by atoms with Crippen LogP contribution in [-0.4, -0.2) is 15.0 Å². The Morgan fingerprint density at radius 3 is 1.25 bits per heavy atom. The fourth-order valence-corrected chi connectivity index (χ4v) is 0. The summed E-state index contributed by atoms with van der Waals surface area (Å²) in [5, 5.41) is 0. The van der Waals surface area contributed by atoms with Crippen LogP contribution in [0, 0.1) is 0 Å². The van der Waals surface area contributed by atoms with E-state index in [1.807, 2.05) is 0 Å². The molecule has 0 amide bonds. The highest BCUT2D eigenvalue weighted by Gasteiger charge is 1.83. The molecule has 0 aromatic rings. The molecule has 2 N–H and O–H groups in total. The first-order chi connectivity index (χ1) is 2.27. The van der Waals surface area contributed by atoms with Crippen molar-refractivity contribution in [3.05, 3.63) is 0 Å². The predicted octanol–water partition coefficient (Wildman–Crippen LogP) is 1.88. The molecule has 0 unspecified atom stereocenters. The van der Waals surface area contributed by atoms with Gasteiger partial charge < -0.3 is 5.73 Å². The second kappa shape index (κ2) is 15.7. The molecule has 0 bridgehead atoms. The van der Waals surface area contributed by atoms with Crippen molar-refractivity contribution in [3.8, 4) is 0 Å². The van der Waals surface area contributed by atoms with Gasteiger partial charge in [-0.15, -0.1) is 0 Å². The second-order valence-electron chi connectivity index (χ2n) is 1.63. The molecule has 0 rings (SSSR count). The number of rotatable bonds is 1. The summed E-state index contributed by atoms with van der Waals surface area (Å²) in [6, 6.07) is 0. The Hall–Kier alpha value is 0.177. The Morgan fingerprint density at radius 1 is 1.12 bits per heavy atom. The summed E-state index contributed by atoms with van der Waals surface area (Å²) in [7, 11) is -0.372. The largest absolute Gasteiger partial charge is 0.333 e. The van der Waals surface area contributed by atoms with Crippen molar-refractivity contribution in [3.63, 3.8) is 0 Å². The zero-order valence-electron chi connectivity index (χ0n) is 3.86. The summed E-state index contributed by atoms with van der Waals surface area (Å²) in [5.41, 5.74) is 5.23. The Morgan fingerprint density at radius 2 is 1.25 bits per heavy atom. The van der Waals surface area contributed by atoms with E-state index in [1.165, 1.54) is 0 Å². The molecule has 0 aromatic carbocycles. The number of nitrogens with two attached hydrogens (primary N) is 1.